The van der Waals surface area contributed by atoms with Crippen LogP contribution in [0.15, 0.2) is 30.3 Å². The highest BCUT2D eigenvalue weighted by Crippen LogP contribution is 2.29. The molecule has 1 aliphatic rings. The van der Waals surface area contributed by atoms with Crippen molar-refractivity contribution in [3.8, 4) is 0 Å². The Labute approximate surface area is 125 Å². The summed E-state index contributed by atoms with van der Waals surface area (Å²) in [6.07, 6.45) is 1.31. The molecule has 20 heavy (non-hydrogen) atoms. The smallest absolute Gasteiger partial charge is 0.129 e. The highest BCUT2D eigenvalue weighted by Gasteiger charge is 2.23. The number of alkyl halides is 1. The predicted octanol–water partition coefficient (Wildman–Crippen LogP) is 4.46. The van der Waals surface area contributed by atoms with E-state index in [4.69, 9.17) is 16.6 Å². The molecular formula is C17H21ClN2. The summed E-state index contributed by atoms with van der Waals surface area (Å²) in [4.78, 5) is 7.26. The van der Waals surface area contributed by atoms with Gasteiger partial charge in [-0.3, -0.25) is 0 Å². The Kier molecular flexibility index (Phi) is 3.84. The third kappa shape index (κ3) is 2.62. The van der Waals surface area contributed by atoms with E-state index in [1.165, 1.54) is 17.4 Å². The molecule has 106 valence electrons. The van der Waals surface area contributed by atoms with Crippen LogP contribution in [0.4, 0.5) is 5.82 Å². The number of rotatable bonds is 2. The molecule has 0 amide bonds. The summed E-state index contributed by atoms with van der Waals surface area (Å²) in [6, 6.07) is 10.4. The second-order valence-corrected chi connectivity index (χ2v) is 6.41. The Morgan fingerprint density at radius 1 is 1.20 bits per heavy atom. The van der Waals surface area contributed by atoms with Gasteiger partial charge in [0, 0.05) is 24.4 Å². The summed E-state index contributed by atoms with van der Waals surface area (Å²) in [5.41, 5.74) is 2.23. The van der Waals surface area contributed by atoms with Gasteiger partial charge in [0.2, 0.25) is 0 Å². The third-order valence-electron chi connectivity index (χ3n) is 4.13. The number of hydrogen-bond donors (Lipinski definition) is 0. The molecule has 0 radical (unpaired) electrons. The zero-order valence-corrected chi connectivity index (χ0v) is 12.9. The summed E-state index contributed by atoms with van der Waals surface area (Å²) in [6.45, 7) is 6.84. The highest BCUT2D eigenvalue weighted by molar-refractivity contribution is 6.18. The SMILES string of the molecule is CC1CC(C)CN(c2cc(CCl)c3ccccc3n2)C1. The largest absolute Gasteiger partial charge is 0.356 e. The number of aromatic nitrogens is 1. The van der Waals surface area contributed by atoms with Crippen molar-refractivity contribution in [1.29, 1.82) is 0 Å². The second kappa shape index (κ2) is 5.61. The maximum Gasteiger partial charge on any atom is 0.129 e. The van der Waals surface area contributed by atoms with E-state index in [2.05, 4.69) is 36.9 Å². The molecule has 0 bridgehead atoms. The summed E-state index contributed by atoms with van der Waals surface area (Å²) >= 11 is 6.13. The molecule has 2 aromatic rings. The third-order valence-corrected chi connectivity index (χ3v) is 4.41. The van der Waals surface area contributed by atoms with Crippen LogP contribution >= 0.6 is 11.6 Å². The van der Waals surface area contributed by atoms with Crippen LogP contribution in [0.25, 0.3) is 10.9 Å². The molecule has 0 saturated carbocycles. The fraction of sp³-hybridized carbons (Fsp3) is 0.471. The second-order valence-electron chi connectivity index (χ2n) is 6.14. The molecule has 2 heterocycles. The van der Waals surface area contributed by atoms with Gasteiger partial charge in [-0.15, -0.1) is 11.6 Å². The maximum atomic E-state index is 6.13. The van der Waals surface area contributed by atoms with E-state index < -0.39 is 0 Å². The lowest BCUT2D eigenvalue weighted by Gasteiger charge is -2.36. The van der Waals surface area contributed by atoms with Crippen molar-refractivity contribution >= 4 is 28.3 Å². The fourth-order valence-corrected chi connectivity index (χ4v) is 3.58. The molecule has 2 nitrogen and oxygen atoms in total. The number of pyridine rings is 1. The molecular weight excluding hydrogens is 268 g/mol. The van der Waals surface area contributed by atoms with Crippen molar-refractivity contribution < 1.29 is 0 Å². The van der Waals surface area contributed by atoms with Crippen LogP contribution in [0.1, 0.15) is 25.8 Å². The van der Waals surface area contributed by atoms with Crippen molar-refractivity contribution in [3.63, 3.8) is 0 Å². The Morgan fingerprint density at radius 2 is 1.90 bits per heavy atom. The Morgan fingerprint density at radius 3 is 2.60 bits per heavy atom. The molecule has 1 aromatic carbocycles. The number of fused-ring (bicyclic) bond motifs is 1. The first-order valence-electron chi connectivity index (χ1n) is 7.37. The minimum Gasteiger partial charge on any atom is -0.356 e. The van der Waals surface area contributed by atoms with E-state index in [0.717, 1.165) is 36.3 Å². The average Bonchev–Trinajstić information content (AvgIpc) is 2.45. The lowest BCUT2D eigenvalue weighted by molar-refractivity contribution is 0.355. The predicted molar refractivity (Wildman–Crippen MR) is 86.5 cm³/mol. The molecule has 0 aliphatic carbocycles. The van der Waals surface area contributed by atoms with Gasteiger partial charge >= 0.3 is 0 Å². The minimum absolute atomic E-state index is 0.537. The first-order chi connectivity index (χ1) is 9.67. The van der Waals surface area contributed by atoms with E-state index in [0.29, 0.717) is 5.88 Å². The van der Waals surface area contributed by atoms with E-state index >= 15 is 0 Å². The molecule has 1 aromatic heterocycles. The van der Waals surface area contributed by atoms with Crippen molar-refractivity contribution in [1.82, 2.24) is 4.98 Å². The Hall–Kier alpha value is -1.28. The lowest BCUT2D eigenvalue weighted by Crippen LogP contribution is -2.39. The maximum absolute atomic E-state index is 6.13. The molecule has 2 unspecified atom stereocenters. The Balaban J connectivity index is 2.03. The number of para-hydroxylation sites is 1. The number of hydrogen-bond acceptors (Lipinski definition) is 2. The number of nitrogens with zero attached hydrogens (tertiary/aromatic N) is 2. The topological polar surface area (TPSA) is 16.1 Å². The first kappa shape index (κ1) is 13.7. The number of piperidine rings is 1. The van der Waals surface area contributed by atoms with Crippen molar-refractivity contribution in [2.75, 3.05) is 18.0 Å². The Bertz CT molecular complexity index is 601. The van der Waals surface area contributed by atoms with Crippen LogP contribution in [0.5, 0.6) is 0 Å². The normalized spacial score (nSPS) is 23.2. The molecule has 0 spiro atoms. The summed E-state index contributed by atoms with van der Waals surface area (Å²) in [7, 11) is 0. The average molecular weight is 289 g/mol. The molecule has 3 heteroatoms. The number of anilines is 1. The minimum atomic E-state index is 0.537. The van der Waals surface area contributed by atoms with E-state index in [1.54, 1.807) is 0 Å². The zero-order valence-electron chi connectivity index (χ0n) is 12.1. The van der Waals surface area contributed by atoms with Gasteiger partial charge in [0.1, 0.15) is 5.82 Å². The van der Waals surface area contributed by atoms with Crippen molar-refractivity contribution in [3.05, 3.63) is 35.9 Å². The first-order valence-corrected chi connectivity index (χ1v) is 7.90. The summed E-state index contributed by atoms with van der Waals surface area (Å²) < 4.78 is 0. The van der Waals surface area contributed by atoms with Crippen LogP contribution < -0.4 is 4.90 Å². The van der Waals surface area contributed by atoms with Gasteiger partial charge in [-0.25, -0.2) is 4.98 Å². The van der Waals surface area contributed by atoms with Gasteiger partial charge < -0.3 is 4.90 Å². The summed E-state index contributed by atoms with van der Waals surface area (Å²) in [5, 5.41) is 1.17. The number of benzene rings is 1. The van der Waals surface area contributed by atoms with Gasteiger partial charge in [0.05, 0.1) is 5.52 Å². The molecule has 1 saturated heterocycles. The van der Waals surface area contributed by atoms with Gasteiger partial charge in [-0.1, -0.05) is 32.0 Å². The van der Waals surface area contributed by atoms with Gasteiger partial charge in [-0.05, 0) is 36.0 Å². The van der Waals surface area contributed by atoms with Crippen LogP contribution in [0.2, 0.25) is 0 Å². The van der Waals surface area contributed by atoms with E-state index in [-0.39, 0.29) is 0 Å². The number of halogens is 1. The van der Waals surface area contributed by atoms with E-state index in [9.17, 15) is 0 Å². The quantitative estimate of drug-likeness (QED) is 0.759. The van der Waals surface area contributed by atoms with Crippen LogP contribution in [0.3, 0.4) is 0 Å². The highest BCUT2D eigenvalue weighted by atomic mass is 35.5. The molecule has 0 N–H and O–H groups in total. The fourth-order valence-electron chi connectivity index (χ4n) is 3.35. The monoisotopic (exact) mass is 288 g/mol. The summed E-state index contributed by atoms with van der Waals surface area (Å²) in [5.74, 6) is 3.07. The molecule has 2 atom stereocenters. The van der Waals surface area contributed by atoms with Gasteiger partial charge in [0.15, 0.2) is 0 Å². The lowest BCUT2D eigenvalue weighted by atomic mass is 9.92. The van der Waals surface area contributed by atoms with Crippen molar-refractivity contribution in [2.45, 2.75) is 26.1 Å². The van der Waals surface area contributed by atoms with Crippen LogP contribution in [-0.2, 0) is 5.88 Å². The van der Waals surface area contributed by atoms with E-state index in [1.807, 2.05) is 12.1 Å². The van der Waals surface area contributed by atoms with Crippen molar-refractivity contribution in [2.24, 2.45) is 11.8 Å². The van der Waals surface area contributed by atoms with Crippen LogP contribution in [0, 0.1) is 11.8 Å². The van der Waals surface area contributed by atoms with Gasteiger partial charge in [0.25, 0.3) is 0 Å². The molecule has 1 aliphatic heterocycles. The van der Waals surface area contributed by atoms with Crippen LogP contribution in [-0.4, -0.2) is 18.1 Å². The molecule has 3 rings (SSSR count). The van der Waals surface area contributed by atoms with Gasteiger partial charge in [-0.2, -0.15) is 0 Å². The molecule has 1 fully saturated rings. The standard InChI is InChI=1S/C17H21ClN2/c1-12-7-13(2)11-20(10-12)17-8-14(9-18)15-5-3-4-6-16(15)19-17/h3-6,8,12-13H,7,9-11H2,1-2H3. The zero-order chi connectivity index (χ0) is 14.1.